The van der Waals surface area contributed by atoms with Crippen LogP contribution in [0.3, 0.4) is 0 Å². The van der Waals surface area contributed by atoms with E-state index in [0.717, 1.165) is 0 Å². The Kier molecular flexibility index (Phi) is 4.22. The number of hydrogen-bond acceptors (Lipinski definition) is 3. The predicted octanol–water partition coefficient (Wildman–Crippen LogP) is 0.698. The Hall–Kier alpha value is -1.10. The van der Waals surface area contributed by atoms with Crippen LogP contribution >= 0.6 is 0 Å². The maximum absolute atomic E-state index is 11.8. The first kappa shape index (κ1) is 13.3. The van der Waals surface area contributed by atoms with Crippen molar-refractivity contribution in [3.63, 3.8) is 0 Å². The van der Waals surface area contributed by atoms with Gasteiger partial charge in [0, 0.05) is 25.0 Å². The summed E-state index contributed by atoms with van der Waals surface area (Å²) in [6, 6.07) is 0.504. The average Bonchev–Trinajstić information content (AvgIpc) is 2.76. The van der Waals surface area contributed by atoms with Gasteiger partial charge in [0.15, 0.2) is 0 Å². The number of aliphatic carboxylic acids is 1. The number of rotatable bonds is 5. The normalized spacial score (nSPS) is 22.8. The molecule has 2 aliphatic rings. The fourth-order valence-electron chi connectivity index (χ4n) is 2.71. The summed E-state index contributed by atoms with van der Waals surface area (Å²) >= 11 is 0. The molecule has 2 N–H and O–H groups in total. The van der Waals surface area contributed by atoms with Crippen molar-refractivity contribution in [3.05, 3.63) is 0 Å². The van der Waals surface area contributed by atoms with Gasteiger partial charge in [-0.05, 0) is 12.8 Å². The number of amides is 1. The highest BCUT2D eigenvalue weighted by Crippen LogP contribution is 2.24. The highest BCUT2D eigenvalue weighted by molar-refractivity contribution is 5.79. The number of nitrogens with zero attached hydrogens (tertiary/aromatic N) is 1. The highest BCUT2D eigenvalue weighted by atomic mass is 16.4. The van der Waals surface area contributed by atoms with E-state index in [1.807, 2.05) is 0 Å². The summed E-state index contributed by atoms with van der Waals surface area (Å²) in [6.45, 7) is 3.31. The Labute approximate surface area is 108 Å². The summed E-state index contributed by atoms with van der Waals surface area (Å²) in [5, 5.41) is 12.2. The first-order chi connectivity index (χ1) is 8.58. The summed E-state index contributed by atoms with van der Waals surface area (Å²) in [4.78, 5) is 24.4. The molecule has 1 saturated heterocycles. The predicted molar refractivity (Wildman–Crippen MR) is 67.1 cm³/mol. The molecule has 5 nitrogen and oxygen atoms in total. The van der Waals surface area contributed by atoms with Crippen LogP contribution < -0.4 is 5.32 Å². The number of likely N-dealkylation sites (tertiary alicyclic amines) is 1. The summed E-state index contributed by atoms with van der Waals surface area (Å²) in [6.07, 6.45) is 4.86. The standard InChI is InChI=1S/C13H22N2O3/c1-9(13(17)18)10-7-15(8-10)12(16)6-14-11-4-2-3-5-11/h9-11,14H,2-8H2,1H3,(H,17,18). The SMILES string of the molecule is CC(C(=O)O)C1CN(C(=O)CNC2CCCC2)C1. The Morgan fingerprint density at radius 3 is 2.50 bits per heavy atom. The van der Waals surface area contributed by atoms with Gasteiger partial charge in [-0.2, -0.15) is 0 Å². The lowest BCUT2D eigenvalue weighted by atomic mass is 9.87. The number of carboxylic acids is 1. The molecular weight excluding hydrogens is 232 g/mol. The zero-order valence-corrected chi connectivity index (χ0v) is 10.9. The van der Waals surface area contributed by atoms with Gasteiger partial charge in [0.1, 0.15) is 0 Å². The third-order valence-corrected chi connectivity index (χ3v) is 4.26. The molecule has 1 saturated carbocycles. The van der Waals surface area contributed by atoms with Crippen molar-refractivity contribution in [3.8, 4) is 0 Å². The van der Waals surface area contributed by atoms with Gasteiger partial charge in [0.2, 0.25) is 5.91 Å². The van der Waals surface area contributed by atoms with Crippen molar-refractivity contribution < 1.29 is 14.7 Å². The molecule has 1 unspecified atom stereocenters. The van der Waals surface area contributed by atoms with Crippen LogP contribution in [0.15, 0.2) is 0 Å². The van der Waals surface area contributed by atoms with Gasteiger partial charge in [-0.3, -0.25) is 9.59 Å². The monoisotopic (exact) mass is 254 g/mol. The van der Waals surface area contributed by atoms with Crippen LogP contribution in [0.1, 0.15) is 32.6 Å². The average molecular weight is 254 g/mol. The van der Waals surface area contributed by atoms with Crippen LogP contribution in [0.5, 0.6) is 0 Å². The molecule has 1 atom stereocenters. The number of carboxylic acid groups (broad SMARTS) is 1. The van der Waals surface area contributed by atoms with E-state index < -0.39 is 5.97 Å². The second kappa shape index (κ2) is 5.69. The molecule has 18 heavy (non-hydrogen) atoms. The molecule has 0 aromatic rings. The molecule has 1 aliphatic heterocycles. The first-order valence-corrected chi connectivity index (χ1v) is 6.82. The van der Waals surface area contributed by atoms with Gasteiger partial charge >= 0.3 is 5.97 Å². The maximum atomic E-state index is 11.8. The number of nitrogens with one attached hydrogen (secondary N) is 1. The molecule has 5 heteroatoms. The van der Waals surface area contributed by atoms with Crippen LogP contribution in [0.4, 0.5) is 0 Å². The molecule has 1 aliphatic carbocycles. The van der Waals surface area contributed by atoms with E-state index in [1.54, 1.807) is 11.8 Å². The lowest BCUT2D eigenvalue weighted by Crippen LogP contribution is -2.55. The van der Waals surface area contributed by atoms with Crippen molar-refractivity contribution in [2.45, 2.75) is 38.6 Å². The molecule has 2 fully saturated rings. The summed E-state index contributed by atoms with van der Waals surface area (Å²) in [5.41, 5.74) is 0. The van der Waals surface area contributed by atoms with E-state index in [0.29, 0.717) is 25.7 Å². The smallest absolute Gasteiger partial charge is 0.306 e. The first-order valence-electron chi connectivity index (χ1n) is 6.82. The van der Waals surface area contributed by atoms with Gasteiger partial charge in [-0.1, -0.05) is 19.8 Å². The lowest BCUT2D eigenvalue weighted by molar-refractivity contribution is -0.150. The zero-order valence-electron chi connectivity index (χ0n) is 10.9. The van der Waals surface area contributed by atoms with Crippen LogP contribution in [-0.2, 0) is 9.59 Å². The molecule has 0 aromatic heterocycles. The number of hydrogen-bond donors (Lipinski definition) is 2. The van der Waals surface area contributed by atoms with Crippen LogP contribution in [0.25, 0.3) is 0 Å². The van der Waals surface area contributed by atoms with Crippen LogP contribution in [0, 0.1) is 11.8 Å². The topological polar surface area (TPSA) is 69.6 Å². The van der Waals surface area contributed by atoms with Gasteiger partial charge in [0.25, 0.3) is 0 Å². The Morgan fingerprint density at radius 2 is 1.94 bits per heavy atom. The maximum Gasteiger partial charge on any atom is 0.306 e. The van der Waals surface area contributed by atoms with Crippen LogP contribution in [-0.4, -0.2) is 47.6 Å². The second-order valence-electron chi connectivity index (χ2n) is 5.55. The third kappa shape index (κ3) is 3.02. The minimum absolute atomic E-state index is 0.107. The lowest BCUT2D eigenvalue weighted by Gasteiger charge is -2.41. The van der Waals surface area contributed by atoms with Crippen molar-refractivity contribution in [1.29, 1.82) is 0 Å². The van der Waals surface area contributed by atoms with E-state index in [9.17, 15) is 9.59 Å². The summed E-state index contributed by atoms with van der Waals surface area (Å²) in [7, 11) is 0. The molecule has 102 valence electrons. The van der Waals surface area contributed by atoms with Gasteiger partial charge in [-0.25, -0.2) is 0 Å². The fraction of sp³-hybridized carbons (Fsp3) is 0.846. The van der Waals surface area contributed by atoms with E-state index in [4.69, 9.17) is 5.11 Å². The largest absolute Gasteiger partial charge is 0.481 e. The number of carbonyl (C=O) groups is 2. The Balaban J connectivity index is 1.65. The van der Waals surface area contributed by atoms with Crippen molar-refractivity contribution in [1.82, 2.24) is 10.2 Å². The van der Waals surface area contributed by atoms with Gasteiger partial charge < -0.3 is 15.3 Å². The molecule has 1 amide bonds. The van der Waals surface area contributed by atoms with E-state index >= 15 is 0 Å². The van der Waals surface area contributed by atoms with Gasteiger partial charge in [-0.15, -0.1) is 0 Å². The molecule has 0 spiro atoms. The van der Waals surface area contributed by atoms with Crippen molar-refractivity contribution in [2.24, 2.45) is 11.8 Å². The summed E-state index contributed by atoms with van der Waals surface area (Å²) < 4.78 is 0. The molecule has 0 bridgehead atoms. The molecular formula is C13H22N2O3. The Morgan fingerprint density at radius 1 is 1.33 bits per heavy atom. The summed E-state index contributed by atoms with van der Waals surface area (Å²) in [5.74, 6) is -0.887. The minimum Gasteiger partial charge on any atom is -0.481 e. The van der Waals surface area contributed by atoms with E-state index in [-0.39, 0.29) is 17.7 Å². The molecule has 2 rings (SSSR count). The highest BCUT2D eigenvalue weighted by Gasteiger charge is 2.36. The van der Waals surface area contributed by atoms with Crippen molar-refractivity contribution >= 4 is 11.9 Å². The zero-order chi connectivity index (χ0) is 13.1. The molecule has 0 radical (unpaired) electrons. The second-order valence-corrected chi connectivity index (χ2v) is 5.55. The quantitative estimate of drug-likeness (QED) is 0.757. The van der Waals surface area contributed by atoms with Crippen molar-refractivity contribution in [2.75, 3.05) is 19.6 Å². The Bertz CT molecular complexity index is 320. The minimum atomic E-state index is -0.767. The van der Waals surface area contributed by atoms with E-state index in [2.05, 4.69) is 5.32 Å². The number of carbonyl (C=O) groups excluding carboxylic acids is 1. The van der Waals surface area contributed by atoms with E-state index in [1.165, 1.54) is 25.7 Å². The third-order valence-electron chi connectivity index (χ3n) is 4.26. The van der Waals surface area contributed by atoms with Crippen LogP contribution in [0.2, 0.25) is 0 Å². The van der Waals surface area contributed by atoms with Gasteiger partial charge in [0.05, 0.1) is 12.5 Å². The fourth-order valence-corrected chi connectivity index (χ4v) is 2.71. The molecule has 1 heterocycles. The molecule has 0 aromatic carbocycles.